The van der Waals surface area contributed by atoms with Gasteiger partial charge in [0.2, 0.25) is 35.4 Å². The van der Waals surface area contributed by atoms with E-state index in [0.717, 1.165) is 10.5 Å². The molecule has 1 fully saturated rings. The Morgan fingerprint density at radius 3 is 1.97 bits per heavy atom. The van der Waals surface area contributed by atoms with Crippen LogP contribution in [0.3, 0.4) is 0 Å². The zero-order chi connectivity index (χ0) is 54.8. The first-order valence-electron chi connectivity index (χ1n) is 23.7. The van der Waals surface area contributed by atoms with Gasteiger partial charge in [0.05, 0.1) is 31.0 Å². The summed E-state index contributed by atoms with van der Waals surface area (Å²) in [6, 6.07) is 2.20. The van der Waals surface area contributed by atoms with Gasteiger partial charge in [0.15, 0.2) is 11.9 Å². The molecule has 25 nitrogen and oxygen atoms in total. The Hall–Kier alpha value is -7.83. The maximum Gasteiger partial charge on any atom is 0.326 e. The number of hydrogen-bond donors (Lipinski definition) is 12. The summed E-state index contributed by atoms with van der Waals surface area (Å²) in [5.74, 6) is -11.3. The number of nitrogens with zero attached hydrogens (tertiary/aromatic N) is 3. The molecule has 0 saturated carbocycles. The van der Waals surface area contributed by atoms with Gasteiger partial charge in [-0.15, -0.1) is 0 Å². The van der Waals surface area contributed by atoms with E-state index in [1.54, 1.807) is 20.1 Å². The second-order valence-electron chi connectivity index (χ2n) is 17.5. The van der Waals surface area contributed by atoms with Crippen molar-refractivity contribution in [1.82, 2.24) is 36.8 Å². The minimum Gasteiger partial charge on any atom is -0.480 e. The lowest BCUT2D eigenvalue weighted by Gasteiger charge is -2.27. The Kier molecular flexibility index (Phi) is 26.4. The first-order chi connectivity index (χ1) is 34.4. The van der Waals surface area contributed by atoms with Gasteiger partial charge in [-0.05, 0) is 57.4 Å². The summed E-state index contributed by atoms with van der Waals surface area (Å²) < 4.78 is 5.81. The van der Waals surface area contributed by atoms with Gasteiger partial charge in [0, 0.05) is 39.6 Å². The quantitative estimate of drug-likeness (QED) is 0.0259. The highest BCUT2D eigenvalue weighted by molar-refractivity contribution is 5.99. The number of ether oxygens (including phenoxy) is 1. The number of allylic oxidation sites excluding steroid dienone is 2. The van der Waals surface area contributed by atoms with Crippen LogP contribution in [-0.2, 0) is 54.3 Å². The number of carbonyl (C=O) groups excluding carboxylic acids is 7. The van der Waals surface area contributed by atoms with Crippen molar-refractivity contribution in [1.29, 1.82) is 0 Å². The fraction of sp³-hybridized carbons (Fsp3) is 0.521. The second kappa shape index (κ2) is 31.5. The number of amides is 7. The Bertz CT molecular complexity index is 2230. The lowest BCUT2D eigenvalue weighted by atomic mass is 9.94. The molecular formula is C48H73N13O12. The Balaban J connectivity index is 2.68. The molecule has 7 amide bonds. The van der Waals surface area contributed by atoms with E-state index in [-0.39, 0.29) is 62.7 Å². The van der Waals surface area contributed by atoms with Crippen molar-refractivity contribution in [3.05, 3.63) is 72.0 Å². The molecule has 1 heterocycles. The first kappa shape index (κ1) is 61.3. The van der Waals surface area contributed by atoms with E-state index in [9.17, 15) is 53.4 Å². The zero-order valence-corrected chi connectivity index (χ0v) is 42.1. The number of likely N-dealkylation sites (N-methyl/N-ethyl adjacent to an activating group) is 1. The van der Waals surface area contributed by atoms with Crippen LogP contribution in [0.15, 0.2) is 76.4 Å². The van der Waals surface area contributed by atoms with Gasteiger partial charge in [-0.25, -0.2) is 9.59 Å². The molecule has 8 atom stereocenters. The van der Waals surface area contributed by atoms with E-state index in [2.05, 4.69) is 48.5 Å². The van der Waals surface area contributed by atoms with Crippen molar-refractivity contribution in [2.24, 2.45) is 44.8 Å². The molecule has 1 aromatic carbocycles. The molecule has 1 aromatic rings. The highest BCUT2D eigenvalue weighted by Gasteiger charge is 2.33. The van der Waals surface area contributed by atoms with E-state index in [1.165, 1.54) is 20.0 Å². The molecule has 2 rings (SSSR count). The summed E-state index contributed by atoms with van der Waals surface area (Å²) in [5.41, 5.74) is 23.1. The fourth-order valence-corrected chi connectivity index (χ4v) is 7.36. The normalized spacial score (nSPS) is 22.7. The van der Waals surface area contributed by atoms with Gasteiger partial charge in [-0.2, -0.15) is 0 Å². The Labute approximate surface area is 424 Å². The molecule has 1 aliphatic heterocycles. The van der Waals surface area contributed by atoms with Crippen molar-refractivity contribution in [3.8, 4) is 0 Å². The minimum atomic E-state index is -1.90. The van der Waals surface area contributed by atoms with Crippen LogP contribution in [-0.4, -0.2) is 150 Å². The molecule has 73 heavy (non-hydrogen) atoms. The van der Waals surface area contributed by atoms with E-state index < -0.39 is 121 Å². The third kappa shape index (κ3) is 22.9. The predicted octanol–water partition coefficient (Wildman–Crippen LogP) is -1.62. The lowest BCUT2D eigenvalue weighted by Crippen LogP contribution is -2.55. The highest BCUT2D eigenvalue weighted by Crippen LogP contribution is 2.18. The molecule has 0 spiro atoms. The van der Waals surface area contributed by atoms with Crippen LogP contribution in [0.4, 0.5) is 0 Å². The van der Waals surface area contributed by atoms with Crippen LogP contribution >= 0.6 is 0 Å². The number of benzene rings is 1. The fourth-order valence-electron chi connectivity index (χ4n) is 7.36. The molecular weight excluding hydrogens is 951 g/mol. The SMILES string of the molecule is C=C1C(=O)NCC(=O)N[C@@H](CCCN=C(N)N)C(=O)N[C@@H](C(=O)O)CC(=O)N[C@@H](CCCCN=C(N)N)C(=O)N[C@@H](/C=C/C(C)=C/[C@H](C)[C@H](Cc2ccccc2)OC)[C@H](C)C(=O)N[C@@H](C(=O)O)CCC(=O)N1C. The second-order valence-corrected chi connectivity index (χ2v) is 17.5. The number of aliphatic imine (C=N–C) groups is 2. The number of nitrogens with two attached hydrogens (primary N) is 4. The van der Waals surface area contributed by atoms with Crippen LogP contribution in [0.1, 0.15) is 77.7 Å². The van der Waals surface area contributed by atoms with Crippen molar-refractivity contribution < 1.29 is 58.1 Å². The Morgan fingerprint density at radius 1 is 0.822 bits per heavy atom. The van der Waals surface area contributed by atoms with E-state index in [4.69, 9.17) is 27.7 Å². The number of rotatable bonds is 18. The molecule has 0 aromatic heterocycles. The highest BCUT2D eigenvalue weighted by atomic mass is 16.5. The smallest absolute Gasteiger partial charge is 0.326 e. The number of carboxylic acids is 2. The van der Waals surface area contributed by atoms with Crippen molar-refractivity contribution in [2.45, 2.75) is 115 Å². The number of unbranched alkanes of at least 4 members (excludes halogenated alkanes) is 1. The number of aliphatic carboxylic acids is 2. The topological polar surface area (TPSA) is 408 Å². The van der Waals surface area contributed by atoms with Crippen LogP contribution in [0.25, 0.3) is 0 Å². The monoisotopic (exact) mass is 1020 g/mol. The van der Waals surface area contributed by atoms with E-state index >= 15 is 0 Å². The number of methoxy groups -OCH3 is 1. The molecule has 1 saturated heterocycles. The van der Waals surface area contributed by atoms with Crippen molar-refractivity contribution >= 4 is 65.2 Å². The number of guanidine groups is 2. The van der Waals surface area contributed by atoms with Crippen LogP contribution < -0.4 is 54.8 Å². The van der Waals surface area contributed by atoms with Gasteiger partial charge in [0.25, 0.3) is 5.91 Å². The summed E-state index contributed by atoms with van der Waals surface area (Å²) in [5, 5.41) is 35.0. The number of carboxylic acid groups (broad SMARTS) is 2. The van der Waals surface area contributed by atoms with Crippen LogP contribution in [0, 0.1) is 11.8 Å². The average molecular weight is 1020 g/mol. The van der Waals surface area contributed by atoms with E-state index in [0.29, 0.717) is 18.4 Å². The lowest BCUT2D eigenvalue weighted by molar-refractivity contribution is -0.144. The van der Waals surface area contributed by atoms with Gasteiger partial charge < -0.3 is 74.7 Å². The van der Waals surface area contributed by atoms with Gasteiger partial charge in [0.1, 0.15) is 29.9 Å². The van der Waals surface area contributed by atoms with Crippen LogP contribution in [0.5, 0.6) is 0 Å². The maximum atomic E-state index is 14.3. The van der Waals surface area contributed by atoms with Crippen molar-refractivity contribution in [3.63, 3.8) is 0 Å². The summed E-state index contributed by atoms with van der Waals surface area (Å²) >= 11 is 0. The largest absolute Gasteiger partial charge is 0.480 e. The predicted molar refractivity (Wildman–Crippen MR) is 270 cm³/mol. The zero-order valence-electron chi connectivity index (χ0n) is 42.1. The molecule has 0 aliphatic carbocycles. The van der Waals surface area contributed by atoms with Gasteiger partial charge in [-0.3, -0.25) is 43.5 Å². The average Bonchev–Trinajstić information content (AvgIpc) is 3.33. The standard InChI is InChI=1S/C48H73N13O12/c1-27(23-28(2)37(73-6)24-31-13-8-7-9-14-31)17-18-32-29(3)41(65)59-35(45(69)70)19-20-40(64)61(5)30(4)42(66)55-26-39(63)57-34(16-12-22-54-48(51)52)44(68)60-36(46(71)72)25-38(62)56-33(43(67)58-32)15-10-11-21-53-47(49)50/h7-9,13-14,17-18,23,28-29,32-37H,4,10-12,15-16,19-22,24-26H2,1-3,5-6H3,(H,55,66)(H,56,62)(H,57,63)(H,58,67)(H,59,65)(H,60,68)(H,69,70)(H,71,72)(H4,49,50,53)(H4,51,52,54)/b18-17+,27-23+/t28-,29-,32-,33-,34-,35+,36+,37-/m0/s1. The summed E-state index contributed by atoms with van der Waals surface area (Å²) in [6.07, 6.45) is 4.15. The first-order valence-corrected chi connectivity index (χ1v) is 23.7. The third-order valence-corrected chi connectivity index (χ3v) is 11.7. The number of carbonyl (C=O) groups is 9. The van der Waals surface area contributed by atoms with Crippen LogP contribution in [0.2, 0.25) is 0 Å². The number of hydrogen-bond acceptors (Lipinski definition) is 12. The number of nitrogens with one attached hydrogen (secondary N) is 6. The molecule has 1 aliphatic rings. The maximum absolute atomic E-state index is 14.3. The summed E-state index contributed by atoms with van der Waals surface area (Å²) in [7, 11) is 2.80. The Morgan fingerprint density at radius 2 is 1.38 bits per heavy atom. The van der Waals surface area contributed by atoms with E-state index in [1.807, 2.05) is 43.3 Å². The molecule has 0 radical (unpaired) electrons. The molecule has 16 N–H and O–H groups in total. The van der Waals surface area contributed by atoms with Gasteiger partial charge >= 0.3 is 11.9 Å². The van der Waals surface area contributed by atoms with Gasteiger partial charge in [-0.1, -0.05) is 74.6 Å². The molecule has 25 heteroatoms. The summed E-state index contributed by atoms with van der Waals surface area (Å²) in [6.45, 7) is 8.20. The van der Waals surface area contributed by atoms with Crippen molar-refractivity contribution in [2.75, 3.05) is 33.8 Å². The molecule has 0 bridgehead atoms. The molecule has 402 valence electrons. The third-order valence-electron chi connectivity index (χ3n) is 11.7. The summed E-state index contributed by atoms with van der Waals surface area (Å²) in [4.78, 5) is 129. The minimum absolute atomic E-state index is 0.00541. The molecule has 0 unspecified atom stereocenters.